The van der Waals surface area contributed by atoms with E-state index in [-0.39, 0.29) is 29.7 Å². The van der Waals surface area contributed by atoms with Crippen molar-refractivity contribution < 1.29 is 27.1 Å². The Bertz CT molecular complexity index is 1140. The van der Waals surface area contributed by atoms with Crippen LogP contribution in [-0.4, -0.2) is 44.9 Å². The van der Waals surface area contributed by atoms with Gasteiger partial charge in [-0.3, -0.25) is 4.79 Å². The maximum absolute atomic E-state index is 12.7. The summed E-state index contributed by atoms with van der Waals surface area (Å²) in [6.45, 7) is 1.96. The standard InChI is InChI=1S/C23H24N2O6S/c26-23(22-11-8-20(31-22)17-30-19-4-2-1-3-5-19)24-16-18-6-9-21(10-7-18)32(27,28)25-12-14-29-15-13-25/h1-11H,12-17H2,(H,24,26). The number of sulfonamides is 1. The van der Waals surface area contributed by atoms with Gasteiger partial charge >= 0.3 is 0 Å². The molecule has 4 rings (SSSR count). The van der Waals surface area contributed by atoms with Gasteiger partial charge in [-0.25, -0.2) is 8.42 Å². The van der Waals surface area contributed by atoms with E-state index in [0.717, 1.165) is 5.56 Å². The summed E-state index contributed by atoms with van der Waals surface area (Å²) < 4.78 is 43.1. The SMILES string of the molecule is O=C(NCc1ccc(S(=O)(=O)N2CCOCC2)cc1)c1ccc(COc2ccccc2)o1. The van der Waals surface area contributed by atoms with Crippen LogP contribution >= 0.6 is 0 Å². The van der Waals surface area contributed by atoms with E-state index in [1.807, 2.05) is 30.3 Å². The fourth-order valence-electron chi connectivity index (χ4n) is 3.23. The van der Waals surface area contributed by atoms with Crippen LogP contribution in [0.2, 0.25) is 0 Å². The van der Waals surface area contributed by atoms with Crippen LogP contribution in [0.1, 0.15) is 21.9 Å². The molecule has 32 heavy (non-hydrogen) atoms. The Hall–Kier alpha value is -3.14. The first-order chi connectivity index (χ1) is 15.5. The summed E-state index contributed by atoms with van der Waals surface area (Å²) in [6.07, 6.45) is 0. The van der Waals surface area contributed by atoms with Gasteiger partial charge in [-0.15, -0.1) is 0 Å². The third-order valence-corrected chi connectivity index (χ3v) is 6.91. The van der Waals surface area contributed by atoms with Gasteiger partial charge in [0.15, 0.2) is 5.76 Å². The van der Waals surface area contributed by atoms with Crippen molar-refractivity contribution in [2.24, 2.45) is 0 Å². The van der Waals surface area contributed by atoms with Crippen LogP contribution in [0.25, 0.3) is 0 Å². The number of para-hydroxylation sites is 1. The number of ether oxygens (including phenoxy) is 2. The van der Waals surface area contributed by atoms with Gasteiger partial charge in [-0.2, -0.15) is 4.31 Å². The quantitative estimate of drug-likeness (QED) is 0.560. The molecule has 1 aromatic heterocycles. The molecule has 0 aliphatic carbocycles. The van der Waals surface area contributed by atoms with E-state index in [4.69, 9.17) is 13.9 Å². The molecular formula is C23H24N2O6S. The fourth-order valence-corrected chi connectivity index (χ4v) is 4.64. The molecule has 9 heteroatoms. The number of carbonyl (C=O) groups is 1. The Morgan fingerprint density at radius 3 is 2.41 bits per heavy atom. The minimum atomic E-state index is -3.54. The molecule has 0 radical (unpaired) electrons. The van der Waals surface area contributed by atoms with Gasteiger partial charge in [-0.05, 0) is 42.0 Å². The zero-order chi connectivity index (χ0) is 22.4. The molecule has 2 aromatic carbocycles. The zero-order valence-electron chi connectivity index (χ0n) is 17.4. The Balaban J connectivity index is 1.30. The Labute approximate surface area is 186 Å². The van der Waals surface area contributed by atoms with Crippen LogP contribution in [0.5, 0.6) is 5.75 Å². The van der Waals surface area contributed by atoms with E-state index in [9.17, 15) is 13.2 Å². The number of rotatable bonds is 8. The van der Waals surface area contributed by atoms with E-state index in [1.54, 1.807) is 36.4 Å². The first-order valence-electron chi connectivity index (χ1n) is 10.2. The highest BCUT2D eigenvalue weighted by Crippen LogP contribution is 2.18. The molecule has 0 saturated carbocycles. The van der Waals surface area contributed by atoms with Gasteiger partial charge in [0.05, 0.1) is 18.1 Å². The molecule has 3 aromatic rings. The summed E-state index contributed by atoms with van der Waals surface area (Å²) >= 11 is 0. The molecule has 1 saturated heterocycles. The predicted molar refractivity (Wildman–Crippen MR) is 117 cm³/mol. The van der Waals surface area contributed by atoms with Gasteiger partial charge in [0.2, 0.25) is 10.0 Å². The van der Waals surface area contributed by atoms with Crippen LogP contribution < -0.4 is 10.1 Å². The summed E-state index contributed by atoms with van der Waals surface area (Å²) in [6, 6.07) is 19.1. The third kappa shape index (κ3) is 5.37. The van der Waals surface area contributed by atoms with Crippen LogP contribution in [-0.2, 0) is 27.9 Å². The minimum absolute atomic E-state index is 0.183. The Morgan fingerprint density at radius 2 is 1.69 bits per heavy atom. The predicted octanol–water partition coefficient (Wildman–Crippen LogP) is 2.81. The van der Waals surface area contributed by atoms with Crippen molar-refractivity contribution in [2.45, 2.75) is 18.0 Å². The number of morpholine rings is 1. The van der Waals surface area contributed by atoms with Crippen molar-refractivity contribution in [1.29, 1.82) is 0 Å². The largest absolute Gasteiger partial charge is 0.486 e. The zero-order valence-corrected chi connectivity index (χ0v) is 18.2. The maximum atomic E-state index is 12.7. The van der Waals surface area contributed by atoms with E-state index in [1.165, 1.54) is 4.31 Å². The average molecular weight is 457 g/mol. The van der Waals surface area contributed by atoms with Crippen LogP contribution in [0.15, 0.2) is 76.0 Å². The van der Waals surface area contributed by atoms with Gasteiger partial charge in [0.1, 0.15) is 18.1 Å². The lowest BCUT2D eigenvalue weighted by atomic mass is 10.2. The first-order valence-corrected chi connectivity index (χ1v) is 11.7. The van der Waals surface area contributed by atoms with Gasteiger partial charge in [0.25, 0.3) is 5.91 Å². The van der Waals surface area contributed by atoms with Crippen LogP contribution in [0, 0.1) is 0 Å². The van der Waals surface area contributed by atoms with E-state index < -0.39 is 10.0 Å². The molecule has 0 spiro atoms. The fraction of sp³-hybridized carbons (Fsp3) is 0.261. The first kappa shape index (κ1) is 22.1. The van der Waals surface area contributed by atoms with E-state index in [0.29, 0.717) is 37.8 Å². The molecular weight excluding hydrogens is 432 g/mol. The number of carbonyl (C=O) groups excluding carboxylic acids is 1. The Morgan fingerprint density at radius 1 is 0.969 bits per heavy atom. The Kier molecular flexibility index (Phi) is 6.89. The molecule has 8 nitrogen and oxygen atoms in total. The monoisotopic (exact) mass is 456 g/mol. The lowest BCUT2D eigenvalue weighted by Crippen LogP contribution is -2.40. The minimum Gasteiger partial charge on any atom is -0.486 e. The summed E-state index contributed by atoms with van der Waals surface area (Å²) in [4.78, 5) is 12.6. The summed E-state index contributed by atoms with van der Waals surface area (Å²) in [7, 11) is -3.54. The lowest BCUT2D eigenvalue weighted by molar-refractivity contribution is 0.0730. The molecule has 1 fully saturated rings. The number of amides is 1. The highest BCUT2D eigenvalue weighted by molar-refractivity contribution is 7.89. The van der Waals surface area contributed by atoms with Crippen LogP contribution in [0.3, 0.4) is 0 Å². The molecule has 1 amide bonds. The molecule has 0 unspecified atom stereocenters. The number of hydrogen-bond acceptors (Lipinski definition) is 6. The van der Waals surface area contributed by atoms with Crippen molar-refractivity contribution in [3.63, 3.8) is 0 Å². The molecule has 1 N–H and O–H groups in total. The molecule has 168 valence electrons. The van der Waals surface area contributed by atoms with Crippen molar-refractivity contribution in [3.05, 3.63) is 83.8 Å². The summed E-state index contributed by atoms with van der Waals surface area (Å²) in [5.74, 6) is 1.08. The van der Waals surface area contributed by atoms with Gasteiger partial charge < -0.3 is 19.2 Å². The summed E-state index contributed by atoms with van der Waals surface area (Å²) in [5, 5.41) is 2.77. The average Bonchev–Trinajstić information content (AvgIpc) is 3.32. The highest BCUT2D eigenvalue weighted by atomic mass is 32.2. The number of benzene rings is 2. The number of hydrogen-bond donors (Lipinski definition) is 1. The van der Waals surface area contributed by atoms with Crippen molar-refractivity contribution in [2.75, 3.05) is 26.3 Å². The third-order valence-electron chi connectivity index (χ3n) is 4.99. The second-order valence-electron chi connectivity index (χ2n) is 7.21. The normalized spacial score (nSPS) is 14.8. The van der Waals surface area contributed by atoms with Crippen molar-refractivity contribution in [1.82, 2.24) is 9.62 Å². The van der Waals surface area contributed by atoms with Crippen molar-refractivity contribution >= 4 is 15.9 Å². The second kappa shape index (κ2) is 9.99. The summed E-state index contributed by atoms with van der Waals surface area (Å²) in [5.41, 5.74) is 0.776. The topological polar surface area (TPSA) is 98.1 Å². The maximum Gasteiger partial charge on any atom is 0.287 e. The highest BCUT2D eigenvalue weighted by Gasteiger charge is 2.26. The van der Waals surface area contributed by atoms with Gasteiger partial charge in [-0.1, -0.05) is 30.3 Å². The molecule has 2 heterocycles. The van der Waals surface area contributed by atoms with Gasteiger partial charge in [0, 0.05) is 19.6 Å². The number of nitrogens with one attached hydrogen (secondary N) is 1. The van der Waals surface area contributed by atoms with E-state index >= 15 is 0 Å². The van der Waals surface area contributed by atoms with Crippen LogP contribution in [0.4, 0.5) is 0 Å². The number of nitrogens with zero attached hydrogens (tertiary/aromatic N) is 1. The molecule has 1 aliphatic rings. The molecule has 0 bridgehead atoms. The second-order valence-corrected chi connectivity index (χ2v) is 9.15. The van der Waals surface area contributed by atoms with Crippen molar-refractivity contribution in [3.8, 4) is 5.75 Å². The lowest BCUT2D eigenvalue weighted by Gasteiger charge is -2.26. The smallest absolute Gasteiger partial charge is 0.287 e. The molecule has 0 atom stereocenters. The van der Waals surface area contributed by atoms with E-state index in [2.05, 4.69) is 5.32 Å². The molecule has 1 aliphatic heterocycles. The number of furan rings is 1.